The Morgan fingerprint density at radius 2 is 2.00 bits per heavy atom. The highest BCUT2D eigenvalue weighted by Gasteiger charge is 2.08. The van der Waals surface area contributed by atoms with Crippen molar-refractivity contribution in [3.05, 3.63) is 59.8 Å². The molecular weight excluding hydrogens is 288 g/mol. The van der Waals surface area contributed by atoms with E-state index in [0.29, 0.717) is 16.5 Å². The van der Waals surface area contributed by atoms with Crippen LogP contribution in [0.1, 0.15) is 5.69 Å². The van der Waals surface area contributed by atoms with Gasteiger partial charge in [0.1, 0.15) is 6.07 Å². The van der Waals surface area contributed by atoms with Gasteiger partial charge in [-0.25, -0.2) is 14.6 Å². The third kappa shape index (κ3) is 2.68. The van der Waals surface area contributed by atoms with Crippen LogP contribution in [0.15, 0.2) is 49.1 Å². The molecule has 102 valence electrons. The predicted molar refractivity (Wildman–Crippen MR) is 78.6 cm³/mol. The summed E-state index contributed by atoms with van der Waals surface area (Å²) in [5.41, 5.74) is 1.68. The molecule has 2 aromatic heterocycles. The van der Waals surface area contributed by atoms with E-state index in [1.807, 2.05) is 24.3 Å². The van der Waals surface area contributed by atoms with Gasteiger partial charge in [-0.3, -0.25) is 0 Å². The molecule has 1 N–H and O–H groups in total. The molecule has 0 aliphatic carbocycles. The van der Waals surface area contributed by atoms with Crippen molar-refractivity contribution < 1.29 is 0 Å². The standard InChI is InChI=1S/C14H9ClN6/c15-11-3-1-2-4-13(11)21-9-10(8-19-21)20-14-12(7-16)17-5-6-18-14/h1-6,8-9H,(H,18,20). The fraction of sp³-hybridized carbons (Fsp3) is 0. The van der Waals surface area contributed by atoms with Crippen LogP contribution in [-0.2, 0) is 0 Å². The van der Waals surface area contributed by atoms with Crippen LogP contribution in [0.4, 0.5) is 11.5 Å². The molecule has 0 saturated carbocycles. The van der Waals surface area contributed by atoms with Gasteiger partial charge in [0.05, 0.1) is 28.8 Å². The lowest BCUT2D eigenvalue weighted by molar-refractivity contribution is 0.881. The van der Waals surface area contributed by atoms with Gasteiger partial charge in [0.2, 0.25) is 0 Å². The first-order valence-corrected chi connectivity index (χ1v) is 6.43. The number of hydrogen-bond acceptors (Lipinski definition) is 5. The average Bonchev–Trinajstić information content (AvgIpc) is 2.96. The number of para-hydroxylation sites is 1. The SMILES string of the molecule is N#Cc1nccnc1Nc1cnn(-c2ccccc2Cl)c1. The summed E-state index contributed by atoms with van der Waals surface area (Å²) in [6.45, 7) is 0. The Labute approximate surface area is 125 Å². The minimum Gasteiger partial charge on any atom is -0.335 e. The Hall–Kier alpha value is -2.91. The van der Waals surface area contributed by atoms with Crippen LogP contribution in [-0.4, -0.2) is 19.7 Å². The third-order valence-electron chi connectivity index (χ3n) is 2.75. The van der Waals surface area contributed by atoms with E-state index in [1.54, 1.807) is 23.1 Å². The monoisotopic (exact) mass is 296 g/mol. The van der Waals surface area contributed by atoms with Gasteiger partial charge in [-0.2, -0.15) is 10.4 Å². The van der Waals surface area contributed by atoms with E-state index in [4.69, 9.17) is 16.9 Å². The summed E-state index contributed by atoms with van der Waals surface area (Å²) in [5, 5.41) is 16.8. The number of nitrogens with zero attached hydrogens (tertiary/aromatic N) is 5. The van der Waals surface area contributed by atoms with Crippen LogP contribution >= 0.6 is 11.6 Å². The van der Waals surface area contributed by atoms with E-state index in [0.717, 1.165) is 5.69 Å². The first-order chi connectivity index (χ1) is 10.3. The van der Waals surface area contributed by atoms with Gasteiger partial charge in [-0.1, -0.05) is 23.7 Å². The molecule has 7 heteroatoms. The number of nitrogens with one attached hydrogen (secondary N) is 1. The molecule has 2 heterocycles. The summed E-state index contributed by atoms with van der Waals surface area (Å²) in [5.74, 6) is 0.388. The summed E-state index contributed by atoms with van der Waals surface area (Å²) in [4.78, 5) is 8.02. The van der Waals surface area contributed by atoms with E-state index in [2.05, 4.69) is 20.4 Å². The zero-order valence-electron chi connectivity index (χ0n) is 10.7. The molecule has 0 aliphatic rings. The first kappa shape index (κ1) is 13.1. The van der Waals surface area contributed by atoms with E-state index >= 15 is 0 Å². The van der Waals surface area contributed by atoms with Crippen molar-refractivity contribution in [2.24, 2.45) is 0 Å². The molecule has 0 spiro atoms. The zero-order valence-corrected chi connectivity index (χ0v) is 11.5. The van der Waals surface area contributed by atoms with Crippen molar-refractivity contribution in [2.75, 3.05) is 5.32 Å². The van der Waals surface area contributed by atoms with Gasteiger partial charge in [0, 0.05) is 12.4 Å². The summed E-state index contributed by atoms with van der Waals surface area (Å²) in [6.07, 6.45) is 6.37. The molecule has 0 aliphatic heterocycles. The van der Waals surface area contributed by atoms with E-state index in [1.165, 1.54) is 12.4 Å². The minimum absolute atomic E-state index is 0.225. The lowest BCUT2D eigenvalue weighted by Gasteiger charge is -2.04. The molecule has 0 amide bonds. The van der Waals surface area contributed by atoms with E-state index in [9.17, 15) is 0 Å². The second-order valence-electron chi connectivity index (χ2n) is 4.12. The fourth-order valence-electron chi connectivity index (χ4n) is 1.80. The maximum absolute atomic E-state index is 8.99. The molecule has 0 bridgehead atoms. The van der Waals surface area contributed by atoms with Crippen LogP contribution in [0.5, 0.6) is 0 Å². The van der Waals surface area contributed by atoms with Gasteiger partial charge in [-0.05, 0) is 12.1 Å². The second kappa shape index (κ2) is 5.61. The first-order valence-electron chi connectivity index (χ1n) is 6.05. The van der Waals surface area contributed by atoms with Gasteiger partial charge in [0.25, 0.3) is 0 Å². The number of nitriles is 1. The van der Waals surface area contributed by atoms with Crippen LogP contribution in [0.2, 0.25) is 5.02 Å². The molecule has 0 radical (unpaired) electrons. The van der Waals surface area contributed by atoms with Crippen LogP contribution in [0.25, 0.3) is 5.69 Å². The Morgan fingerprint density at radius 3 is 2.81 bits per heavy atom. The lowest BCUT2D eigenvalue weighted by Crippen LogP contribution is -1.98. The molecule has 0 unspecified atom stereocenters. The number of benzene rings is 1. The minimum atomic E-state index is 0.225. The van der Waals surface area contributed by atoms with Crippen molar-refractivity contribution in [1.29, 1.82) is 5.26 Å². The summed E-state index contributed by atoms with van der Waals surface area (Å²) < 4.78 is 1.65. The molecule has 21 heavy (non-hydrogen) atoms. The lowest BCUT2D eigenvalue weighted by atomic mass is 10.3. The normalized spacial score (nSPS) is 10.1. The maximum atomic E-state index is 8.99. The maximum Gasteiger partial charge on any atom is 0.183 e. The van der Waals surface area contributed by atoms with Crippen LogP contribution in [0, 0.1) is 11.3 Å². The number of hydrogen-bond donors (Lipinski definition) is 1. The Bertz CT molecular complexity index is 820. The van der Waals surface area contributed by atoms with Crippen molar-refractivity contribution >= 4 is 23.1 Å². The van der Waals surface area contributed by atoms with Crippen molar-refractivity contribution in [3.8, 4) is 11.8 Å². The number of anilines is 2. The third-order valence-corrected chi connectivity index (χ3v) is 3.07. The quantitative estimate of drug-likeness (QED) is 0.804. The highest BCUT2D eigenvalue weighted by atomic mass is 35.5. The molecule has 1 aromatic carbocycles. The second-order valence-corrected chi connectivity index (χ2v) is 4.52. The smallest absolute Gasteiger partial charge is 0.183 e. The molecule has 0 saturated heterocycles. The largest absolute Gasteiger partial charge is 0.335 e. The summed E-state index contributed by atoms with van der Waals surface area (Å²) in [7, 11) is 0. The molecular formula is C14H9ClN6. The number of halogens is 1. The Morgan fingerprint density at radius 1 is 1.19 bits per heavy atom. The van der Waals surface area contributed by atoms with Crippen molar-refractivity contribution in [3.63, 3.8) is 0 Å². The molecule has 0 fully saturated rings. The predicted octanol–water partition coefficient (Wildman–Crippen LogP) is 2.93. The topological polar surface area (TPSA) is 79.4 Å². The fourth-order valence-corrected chi connectivity index (χ4v) is 2.03. The Kier molecular flexibility index (Phi) is 3.50. The van der Waals surface area contributed by atoms with E-state index in [-0.39, 0.29) is 5.69 Å². The number of rotatable bonds is 3. The van der Waals surface area contributed by atoms with Gasteiger partial charge < -0.3 is 5.32 Å². The molecule has 0 atom stereocenters. The average molecular weight is 297 g/mol. The van der Waals surface area contributed by atoms with Gasteiger partial charge in [0.15, 0.2) is 11.5 Å². The molecule has 3 rings (SSSR count). The Balaban J connectivity index is 1.90. The van der Waals surface area contributed by atoms with Gasteiger partial charge in [-0.15, -0.1) is 0 Å². The van der Waals surface area contributed by atoms with E-state index < -0.39 is 0 Å². The molecule has 3 aromatic rings. The zero-order chi connectivity index (χ0) is 14.7. The summed E-state index contributed by atoms with van der Waals surface area (Å²) in [6, 6.07) is 9.37. The van der Waals surface area contributed by atoms with Gasteiger partial charge >= 0.3 is 0 Å². The van der Waals surface area contributed by atoms with Crippen molar-refractivity contribution in [2.45, 2.75) is 0 Å². The highest BCUT2D eigenvalue weighted by Crippen LogP contribution is 2.22. The molecule has 6 nitrogen and oxygen atoms in total. The highest BCUT2D eigenvalue weighted by molar-refractivity contribution is 6.32. The van der Waals surface area contributed by atoms with Crippen molar-refractivity contribution in [1.82, 2.24) is 19.7 Å². The summed E-state index contributed by atoms with van der Waals surface area (Å²) >= 11 is 6.13. The number of aromatic nitrogens is 4. The van der Waals surface area contributed by atoms with Crippen LogP contribution < -0.4 is 5.32 Å². The van der Waals surface area contributed by atoms with Crippen LogP contribution in [0.3, 0.4) is 0 Å².